The first kappa shape index (κ1) is 19.8. The molecule has 0 aromatic heterocycles. The van der Waals surface area contributed by atoms with E-state index >= 15 is 0 Å². The van der Waals surface area contributed by atoms with Crippen molar-refractivity contribution in [2.75, 3.05) is 40.3 Å². The molecule has 25 heavy (non-hydrogen) atoms. The first-order valence-corrected chi connectivity index (χ1v) is 10.0. The van der Waals surface area contributed by atoms with E-state index in [1.54, 1.807) is 0 Å². The van der Waals surface area contributed by atoms with Crippen LogP contribution in [0.25, 0.3) is 0 Å². The highest BCUT2D eigenvalue weighted by atomic mass is 32.2. The minimum atomic E-state index is -3.55. The van der Waals surface area contributed by atoms with Gasteiger partial charge in [-0.3, -0.25) is 4.79 Å². The summed E-state index contributed by atoms with van der Waals surface area (Å²) in [6.45, 7) is 2.41. The van der Waals surface area contributed by atoms with Crippen molar-refractivity contribution in [3.63, 3.8) is 0 Å². The second kappa shape index (κ2) is 9.28. The van der Waals surface area contributed by atoms with Gasteiger partial charge in [0, 0.05) is 25.3 Å². The third-order valence-corrected chi connectivity index (χ3v) is 5.49. The van der Waals surface area contributed by atoms with E-state index in [1.807, 2.05) is 19.0 Å². The van der Waals surface area contributed by atoms with Gasteiger partial charge in [-0.1, -0.05) is 0 Å². The number of rotatable bonds is 9. The van der Waals surface area contributed by atoms with Gasteiger partial charge in [-0.05, 0) is 64.2 Å². The Morgan fingerprint density at radius 2 is 2.00 bits per heavy atom. The molecule has 1 aromatic carbocycles. The van der Waals surface area contributed by atoms with Gasteiger partial charge in [-0.25, -0.2) is 13.1 Å². The molecule has 7 nitrogen and oxygen atoms in total. The van der Waals surface area contributed by atoms with Crippen molar-refractivity contribution in [2.24, 2.45) is 0 Å². The van der Waals surface area contributed by atoms with Crippen LogP contribution in [-0.4, -0.2) is 65.7 Å². The zero-order valence-corrected chi connectivity index (χ0v) is 15.6. The van der Waals surface area contributed by atoms with E-state index in [9.17, 15) is 13.2 Å². The fourth-order valence-corrected chi connectivity index (χ4v) is 3.66. The third-order valence-electron chi connectivity index (χ3n) is 4.02. The highest BCUT2D eigenvalue weighted by Gasteiger charge is 2.18. The average Bonchev–Trinajstić information content (AvgIpc) is 3.10. The van der Waals surface area contributed by atoms with Crippen molar-refractivity contribution in [3.05, 3.63) is 29.8 Å². The molecule has 1 amide bonds. The van der Waals surface area contributed by atoms with Gasteiger partial charge >= 0.3 is 0 Å². The lowest BCUT2D eigenvalue weighted by Crippen LogP contribution is -2.31. The number of hydrogen-bond acceptors (Lipinski definition) is 5. The molecule has 8 heteroatoms. The van der Waals surface area contributed by atoms with Crippen molar-refractivity contribution in [1.82, 2.24) is 14.9 Å². The Bertz CT molecular complexity index is 653. The predicted molar refractivity (Wildman–Crippen MR) is 96.1 cm³/mol. The zero-order chi connectivity index (χ0) is 18.3. The second-order valence-electron chi connectivity index (χ2n) is 6.42. The molecule has 1 unspecified atom stereocenters. The highest BCUT2D eigenvalue weighted by Crippen LogP contribution is 2.12. The number of nitrogens with zero attached hydrogens (tertiary/aromatic N) is 1. The second-order valence-corrected chi connectivity index (χ2v) is 8.19. The molecule has 1 aliphatic heterocycles. The standard InChI is InChI=1S/C17H27N3O4S/c1-20(2)11-4-10-19-25(22,23)16-8-6-14(7-9-16)17(21)18-13-15-5-3-12-24-15/h6-9,15,19H,3-5,10-13H2,1-2H3,(H,18,21). The molecule has 1 fully saturated rings. The van der Waals surface area contributed by atoms with Crippen LogP contribution in [0.15, 0.2) is 29.2 Å². The molecule has 2 rings (SSSR count). The van der Waals surface area contributed by atoms with E-state index in [2.05, 4.69) is 10.0 Å². The lowest BCUT2D eigenvalue weighted by atomic mass is 10.2. The molecule has 1 heterocycles. The van der Waals surface area contributed by atoms with Gasteiger partial charge < -0.3 is 15.0 Å². The number of ether oxygens (including phenoxy) is 1. The number of sulfonamides is 1. The summed E-state index contributed by atoms with van der Waals surface area (Å²) in [5.41, 5.74) is 0.435. The molecule has 2 N–H and O–H groups in total. The molecule has 0 spiro atoms. The number of hydrogen-bond donors (Lipinski definition) is 2. The quantitative estimate of drug-likeness (QED) is 0.630. The molecule has 0 bridgehead atoms. The maximum absolute atomic E-state index is 12.2. The van der Waals surface area contributed by atoms with Crippen LogP contribution in [0.1, 0.15) is 29.6 Å². The summed E-state index contributed by atoms with van der Waals surface area (Å²) in [5.74, 6) is -0.224. The predicted octanol–water partition coefficient (Wildman–Crippen LogP) is 0.825. The van der Waals surface area contributed by atoms with Gasteiger partial charge in [0.15, 0.2) is 0 Å². The van der Waals surface area contributed by atoms with Crippen molar-refractivity contribution < 1.29 is 17.9 Å². The molecule has 1 aliphatic rings. The Balaban J connectivity index is 1.85. The average molecular weight is 369 g/mol. The Morgan fingerprint density at radius 3 is 2.60 bits per heavy atom. The van der Waals surface area contributed by atoms with E-state index in [1.165, 1.54) is 24.3 Å². The van der Waals surface area contributed by atoms with Crippen molar-refractivity contribution >= 4 is 15.9 Å². The number of carbonyl (C=O) groups is 1. The summed E-state index contributed by atoms with van der Waals surface area (Å²) in [7, 11) is 0.337. The summed E-state index contributed by atoms with van der Waals surface area (Å²) in [6.07, 6.45) is 2.79. The van der Waals surface area contributed by atoms with Crippen LogP contribution in [0.4, 0.5) is 0 Å². The van der Waals surface area contributed by atoms with Crippen molar-refractivity contribution in [3.8, 4) is 0 Å². The SMILES string of the molecule is CN(C)CCCNS(=O)(=O)c1ccc(C(=O)NCC2CCCO2)cc1. The van der Waals surface area contributed by atoms with Gasteiger partial charge in [-0.15, -0.1) is 0 Å². The summed E-state index contributed by atoms with van der Waals surface area (Å²) in [4.78, 5) is 14.3. The molecule has 0 radical (unpaired) electrons. The normalized spacial score (nSPS) is 17.8. The lowest BCUT2D eigenvalue weighted by Gasteiger charge is -2.12. The van der Waals surface area contributed by atoms with Crippen LogP contribution < -0.4 is 10.0 Å². The van der Waals surface area contributed by atoms with E-state index in [0.29, 0.717) is 18.7 Å². The third kappa shape index (κ3) is 6.39. The van der Waals surface area contributed by atoms with E-state index in [0.717, 1.165) is 32.4 Å². The first-order chi connectivity index (χ1) is 11.9. The van der Waals surface area contributed by atoms with Gasteiger partial charge in [0.1, 0.15) is 0 Å². The first-order valence-electron chi connectivity index (χ1n) is 8.53. The minimum Gasteiger partial charge on any atom is -0.376 e. The molecule has 140 valence electrons. The van der Waals surface area contributed by atoms with Crippen LogP contribution in [0.5, 0.6) is 0 Å². The van der Waals surface area contributed by atoms with Crippen molar-refractivity contribution in [1.29, 1.82) is 0 Å². The topological polar surface area (TPSA) is 87.7 Å². The van der Waals surface area contributed by atoms with Crippen LogP contribution in [0.3, 0.4) is 0 Å². The molecule has 0 aliphatic carbocycles. The molecular weight excluding hydrogens is 342 g/mol. The maximum atomic E-state index is 12.2. The van der Waals surface area contributed by atoms with Crippen LogP contribution >= 0.6 is 0 Å². The minimum absolute atomic E-state index is 0.0787. The van der Waals surface area contributed by atoms with E-state index < -0.39 is 10.0 Å². The van der Waals surface area contributed by atoms with Crippen LogP contribution in [0, 0.1) is 0 Å². The highest BCUT2D eigenvalue weighted by molar-refractivity contribution is 7.89. The number of amides is 1. The molecule has 1 saturated heterocycles. The molecule has 1 atom stereocenters. The van der Waals surface area contributed by atoms with E-state index in [4.69, 9.17) is 4.74 Å². The summed E-state index contributed by atoms with van der Waals surface area (Å²) in [6, 6.07) is 5.96. The van der Waals surface area contributed by atoms with Crippen LogP contribution in [0.2, 0.25) is 0 Å². The van der Waals surface area contributed by atoms with Crippen molar-refractivity contribution in [2.45, 2.75) is 30.3 Å². The number of nitrogens with one attached hydrogen (secondary N) is 2. The van der Waals surface area contributed by atoms with Gasteiger partial charge in [0.25, 0.3) is 5.91 Å². The summed E-state index contributed by atoms with van der Waals surface area (Å²) in [5, 5.41) is 2.82. The zero-order valence-electron chi connectivity index (χ0n) is 14.8. The lowest BCUT2D eigenvalue weighted by molar-refractivity contribution is 0.0857. The van der Waals surface area contributed by atoms with Gasteiger partial charge in [0.05, 0.1) is 11.0 Å². The Morgan fingerprint density at radius 1 is 1.28 bits per heavy atom. The summed E-state index contributed by atoms with van der Waals surface area (Å²) >= 11 is 0. The number of benzene rings is 1. The smallest absolute Gasteiger partial charge is 0.251 e. The van der Waals surface area contributed by atoms with Gasteiger partial charge in [0.2, 0.25) is 10.0 Å². The van der Waals surface area contributed by atoms with Crippen LogP contribution in [-0.2, 0) is 14.8 Å². The summed E-state index contributed by atoms with van der Waals surface area (Å²) < 4.78 is 32.5. The Hall–Kier alpha value is -1.48. The Labute approximate surface area is 149 Å². The fraction of sp³-hybridized carbons (Fsp3) is 0.588. The number of carbonyl (C=O) groups excluding carboxylic acids is 1. The fourth-order valence-electron chi connectivity index (χ4n) is 2.58. The maximum Gasteiger partial charge on any atom is 0.251 e. The van der Waals surface area contributed by atoms with E-state index in [-0.39, 0.29) is 16.9 Å². The molecule has 1 aromatic rings. The van der Waals surface area contributed by atoms with Gasteiger partial charge in [-0.2, -0.15) is 0 Å². The monoisotopic (exact) mass is 369 g/mol. The molecule has 0 saturated carbocycles. The largest absolute Gasteiger partial charge is 0.376 e. The Kier molecular flexibility index (Phi) is 7.37. The molecular formula is C17H27N3O4S.